The summed E-state index contributed by atoms with van der Waals surface area (Å²) < 4.78 is 28.6. The van der Waals surface area contributed by atoms with Gasteiger partial charge >= 0.3 is 0 Å². The summed E-state index contributed by atoms with van der Waals surface area (Å²) >= 11 is 1.70. The molecule has 1 N–H and O–H groups in total. The third-order valence-electron chi connectivity index (χ3n) is 5.60. The summed E-state index contributed by atoms with van der Waals surface area (Å²) in [4.78, 5) is 19.3. The number of hydrogen-bond acceptors (Lipinski definition) is 6. The number of carbonyl (C=O) groups is 1. The Labute approximate surface area is 193 Å². The van der Waals surface area contributed by atoms with Gasteiger partial charge in [0.1, 0.15) is 0 Å². The van der Waals surface area contributed by atoms with Crippen LogP contribution < -0.4 is 5.32 Å². The average molecular weight is 473 g/mol. The summed E-state index contributed by atoms with van der Waals surface area (Å²) in [5, 5.41) is 3.93. The zero-order valence-corrected chi connectivity index (χ0v) is 19.8. The second kappa shape index (κ2) is 10.1. The van der Waals surface area contributed by atoms with Crippen molar-refractivity contribution in [3.8, 4) is 0 Å². The van der Waals surface area contributed by atoms with E-state index in [0.717, 1.165) is 29.8 Å². The predicted molar refractivity (Wildman–Crippen MR) is 129 cm³/mol. The zero-order valence-electron chi connectivity index (χ0n) is 18.2. The number of aryl methyl sites for hydroxylation is 1. The number of hydrogen-bond donors (Lipinski definition) is 1. The van der Waals surface area contributed by atoms with Gasteiger partial charge in [-0.1, -0.05) is 18.2 Å². The summed E-state index contributed by atoms with van der Waals surface area (Å²) in [6.07, 6.45) is 2.87. The highest BCUT2D eigenvalue weighted by Gasteiger charge is 2.27. The molecule has 2 aromatic carbocycles. The van der Waals surface area contributed by atoms with E-state index >= 15 is 0 Å². The number of nitrogens with one attached hydrogen (secondary N) is 1. The van der Waals surface area contributed by atoms with Crippen LogP contribution in [0.5, 0.6) is 0 Å². The third-order valence-corrected chi connectivity index (χ3v) is 8.59. The van der Waals surface area contributed by atoms with Gasteiger partial charge < -0.3 is 10.2 Å². The quantitative estimate of drug-likeness (QED) is 0.507. The lowest BCUT2D eigenvalue weighted by molar-refractivity contribution is -0.116. The number of carbonyl (C=O) groups excluding carboxylic acids is 1. The Morgan fingerprint density at radius 3 is 2.62 bits per heavy atom. The number of anilines is 1. The Kier molecular flexibility index (Phi) is 7.20. The fraction of sp³-hybridized carbons (Fsp3) is 0.391. The number of likely N-dealkylation sites (N-methyl/N-ethyl adjacent to an activating group) is 1. The molecule has 170 valence electrons. The SMILES string of the molecule is CN1CCN(S(=O)(=O)c2cccc(NC(=O)CCCCc3nc4ccccc4s3)c2)CC1. The molecular weight excluding hydrogens is 444 g/mol. The lowest BCUT2D eigenvalue weighted by atomic mass is 10.2. The smallest absolute Gasteiger partial charge is 0.243 e. The van der Waals surface area contributed by atoms with Crippen molar-refractivity contribution in [2.24, 2.45) is 0 Å². The van der Waals surface area contributed by atoms with Crippen LogP contribution in [0, 0.1) is 0 Å². The monoisotopic (exact) mass is 472 g/mol. The van der Waals surface area contributed by atoms with Gasteiger partial charge in [-0.2, -0.15) is 4.31 Å². The van der Waals surface area contributed by atoms with Gasteiger partial charge in [0.2, 0.25) is 15.9 Å². The summed E-state index contributed by atoms with van der Waals surface area (Å²) in [7, 11) is -1.57. The Morgan fingerprint density at radius 2 is 1.84 bits per heavy atom. The first-order valence-electron chi connectivity index (χ1n) is 10.8. The van der Waals surface area contributed by atoms with Crippen LogP contribution in [0.3, 0.4) is 0 Å². The van der Waals surface area contributed by atoms with Crippen molar-refractivity contribution >= 4 is 43.2 Å². The second-order valence-electron chi connectivity index (χ2n) is 8.07. The molecular formula is C23H28N4O3S2. The van der Waals surface area contributed by atoms with Crippen LogP contribution in [-0.2, 0) is 21.2 Å². The molecule has 0 aliphatic carbocycles. The van der Waals surface area contributed by atoms with E-state index < -0.39 is 10.0 Å². The maximum absolute atomic E-state index is 12.9. The van der Waals surface area contributed by atoms with Crippen LogP contribution >= 0.6 is 11.3 Å². The molecule has 0 atom stereocenters. The number of benzene rings is 2. The summed E-state index contributed by atoms with van der Waals surface area (Å²) in [5.41, 5.74) is 1.54. The number of sulfonamides is 1. The first kappa shape index (κ1) is 22.8. The fourth-order valence-corrected chi connectivity index (χ4v) is 6.20. The Balaban J connectivity index is 1.28. The fourth-order valence-electron chi connectivity index (χ4n) is 3.72. The van der Waals surface area contributed by atoms with Gasteiger partial charge in [-0.25, -0.2) is 13.4 Å². The Bertz CT molecular complexity index is 1150. The normalized spacial score (nSPS) is 15.8. The molecule has 0 unspecified atom stereocenters. The van der Waals surface area contributed by atoms with Crippen molar-refractivity contribution < 1.29 is 13.2 Å². The molecule has 32 heavy (non-hydrogen) atoms. The largest absolute Gasteiger partial charge is 0.326 e. The molecule has 3 aromatic rings. The number of amides is 1. The molecule has 1 amide bonds. The third kappa shape index (κ3) is 5.53. The maximum Gasteiger partial charge on any atom is 0.243 e. The molecule has 2 heterocycles. The molecule has 1 aliphatic heterocycles. The second-order valence-corrected chi connectivity index (χ2v) is 11.1. The molecule has 1 saturated heterocycles. The number of thiazole rings is 1. The van der Waals surface area contributed by atoms with Crippen molar-refractivity contribution in [2.45, 2.75) is 30.6 Å². The minimum atomic E-state index is -3.56. The maximum atomic E-state index is 12.9. The van der Waals surface area contributed by atoms with Gasteiger partial charge in [-0.15, -0.1) is 11.3 Å². The van der Waals surface area contributed by atoms with Crippen LogP contribution in [0.1, 0.15) is 24.3 Å². The molecule has 9 heteroatoms. The Morgan fingerprint density at radius 1 is 1.06 bits per heavy atom. The molecule has 4 rings (SSSR count). The van der Waals surface area contributed by atoms with Crippen molar-refractivity contribution in [1.29, 1.82) is 0 Å². The van der Waals surface area contributed by atoms with E-state index in [0.29, 0.717) is 38.3 Å². The van der Waals surface area contributed by atoms with Crippen molar-refractivity contribution in [3.05, 3.63) is 53.5 Å². The lowest BCUT2D eigenvalue weighted by Crippen LogP contribution is -2.47. The molecule has 0 saturated carbocycles. The van der Waals surface area contributed by atoms with Crippen molar-refractivity contribution in [1.82, 2.24) is 14.2 Å². The molecule has 0 spiro atoms. The van der Waals surface area contributed by atoms with Crippen molar-refractivity contribution in [2.75, 3.05) is 38.5 Å². The van der Waals surface area contributed by atoms with Gasteiger partial charge in [-0.3, -0.25) is 4.79 Å². The lowest BCUT2D eigenvalue weighted by Gasteiger charge is -2.31. The molecule has 1 fully saturated rings. The number of piperazine rings is 1. The summed E-state index contributed by atoms with van der Waals surface area (Å²) in [6, 6.07) is 14.6. The van der Waals surface area contributed by atoms with Gasteiger partial charge in [0, 0.05) is 38.3 Å². The minimum Gasteiger partial charge on any atom is -0.326 e. The number of nitrogens with zero attached hydrogens (tertiary/aromatic N) is 3. The highest BCUT2D eigenvalue weighted by molar-refractivity contribution is 7.89. The first-order chi connectivity index (χ1) is 15.4. The highest BCUT2D eigenvalue weighted by Crippen LogP contribution is 2.23. The molecule has 0 bridgehead atoms. The number of para-hydroxylation sites is 1. The van der Waals surface area contributed by atoms with E-state index in [1.165, 1.54) is 9.01 Å². The van der Waals surface area contributed by atoms with Crippen LogP contribution in [0.2, 0.25) is 0 Å². The van der Waals surface area contributed by atoms with Crippen molar-refractivity contribution in [3.63, 3.8) is 0 Å². The van der Waals surface area contributed by atoms with E-state index in [4.69, 9.17) is 0 Å². The number of aromatic nitrogens is 1. The van der Waals surface area contributed by atoms with E-state index in [-0.39, 0.29) is 10.8 Å². The number of rotatable bonds is 8. The molecule has 0 radical (unpaired) electrons. The van der Waals surface area contributed by atoms with E-state index in [1.54, 1.807) is 35.6 Å². The van der Waals surface area contributed by atoms with E-state index in [2.05, 4.69) is 21.3 Å². The van der Waals surface area contributed by atoms with Gasteiger partial charge in [0.15, 0.2) is 0 Å². The average Bonchev–Trinajstić information content (AvgIpc) is 3.20. The zero-order chi connectivity index (χ0) is 22.6. The van der Waals surface area contributed by atoms with Crippen LogP contribution in [-0.4, -0.2) is 61.7 Å². The molecule has 7 nitrogen and oxygen atoms in total. The summed E-state index contributed by atoms with van der Waals surface area (Å²) in [6.45, 7) is 2.38. The highest BCUT2D eigenvalue weighted by atomic mass is 32.2. The van der Waals surface area contributed by atoms with E-state index in [9.17, 15) is 13.2 Å². The van der Waals surface area contributed by atoms with Gasteiger partial charge in [-0.05, 0) is 56.6 Å². The molecule has 1 aromatic heterocycles. The standard InChI is InChI=1S/C23H28N4O3S2/c1-26-13-15-27(16-14-26)32(29,30)19-8-6-7-18(17-19)24-22(28)11-4-5-12-23-25-20-9-2-3-10-21(20)31-23/h2-3,6-10,17H,4-5,11-16H2,1H3,(H,24,28). The molecule has 1 aliphatic rings. The topological polar surface area (TPSA) is 82.6 Å². The summed E-state index contributed by atoms with van der Waals surface area (Å²) in [5.74, 6) is -0.108. The Hall–Kier alpha value is -2.33. The van der Waals surface area contributed by atoms with Gasteiger partial charge in [0.25, 0.3) is 0 Å². The van der Waals surface area contributed by atoms with Gasteiger partial charge in [0.05, 0.1) is 20.1 Å². The first-order valence-corrected chi connectivity index (χ1v) is 13.1. The van der Waals surface area contributed by atoms with Crippen LogP contribution in [0.25, 0.3) is 10.2 Å². The van der Waals surface area contributed by atoms with Crippen LogP contribution in [0.4, 0.5) is 5.69 Å². The van der Waals surface area contributed by atoms with E-state index in [1.807, 2.05) is 25.2 Å². The predicted octanol–water partition coefficient (Wildman–Crippen LogP) is 3.58. The minimum absolute atomic E-state index is 0.108. The number of unbranched alkanes of at least 4 members (excludes halogenated alkanes) is 1. The number of fused-ring (bicyclic) bond motifs is 1. The van der Waals surface area contributed by atoms with Crippen LogP contribution in [0.15, 0.2) is 53.4 Å².